The van der Waals surface area contributed by atoms with Crippen molar-refractivity contribution in [2.24, 2.45) is 0 Å². The third kappa shape index (κ3) is 1.79. The molecule has 2 nitrogen and oxygen atoms in total. The molecule has 1 aliphatic heterocycles. The second-order valence-corrected chi connectivity index (χ2v) is 4.90. The summed E-state index contributed by atoms with van der Waals surface area (Å²) >= 11 is 0. The maximum atomic E-state index is 5.61. The Morgan fingerprint density at radius 1 is 1.29 bits per heavy atom. The Morgan fingerprint density at radius 3 is 3.00 bits per heavy atom. The number of hydrogen-bond acceptors (Lipinski definition) is 2. The molecule has 0 saturated heterocycles. The minimum Gasteiger partial charge on any atom is -0.469 e. The zero-order valence-electron chi connectivity index (χ0n) is 10.2. The highest BCUT2D eigenvalue weighted by Crippen LogP contribution is 2.34. The Balaban J connectivity index is 2.04. The van der Waals surface area contributed by atoms with Gasteiger partial charge in [-0.2, -0.15) is 0 Å². The molecule has 2 atom stereocenters. The summed E-state index contributed by atoms with van der Waals surface area (Å²) in [6.07, 6.45) is 1.80. The fourth-order valence-electron chi connectivity index (χ4n) is 2.61. The lowest BCUT2D eigenvalue weighted by Gasteiger charge is -2.27. The number of nitrogens with one attached hydrogen (secondary N) is 1. The van der Waals surface area contributed by atoms with E-state index in [0.29, 0.717) is 5.92 Å². The normalized spacial score (nSPS) is 23.4. The fourth-order valence-corrected chi connectivity index (χ4v) is 2.61. The van der Waals surface area contributed by atoms with Gasteiger partial charge in [-0.15, -0.1) is 0 Å². The summed E-state index contributed by atoms with van der Waals surface area (Å²) in [5.41, 5.74) is 3.90. The van der Waals surface area contributed by atoms with Gasteiger partial charge in [0, 0.05) is 18.0 Å². The van der Waals surface area contributed by atoms with Gasteiger partial charge in [0.25, 0.3) is 0 Å². The lowest BCUT2D eigenvalue weighted by atomic mass is 9.90. The van der Waals surface area contributed by atoms with Crippen LogP contribution in [0.1, 0.15) is 41.3 Å². The van der Waals surface area contributed by atoms with Gasteiger partial charge in [-0.3, -0.25) is 0 Å². The molecule has 0 amide bonds. The van der Waals surface area contributed by atoms with Crippen LogP contribution in [0.4, 0.5) is 0 Å². The van der Waals surface area contributed by atoms with Crippen LogP contribution in [0.25, 0.3) is 0 Å². The minimum atomic E-state index is 0.278. The SMILES string of the molecule is Cc1cccc(C2NCC(C)c3occc32)c1. The van der Waals surface area contributed by atoms with Crippen molar-refractivity contribution in [2.75, 3.05) is 6.54 Å². The molecular weight excluding hydrogens is 210 g/mol. The summed E-state index contributed by atoms with van der Waals surface area (Å²) in [5.74, 6) is 1.59. The van der Waals surface area contributed by atoms with Gasteiger partial charge < -0.3 is 9.73 Å². The fraction of sp³-hybridized carbons (Fsp3) is 0.333. The van der Waals surface area contributed by atoms with Gasteiger partial charge in [0.2, 0.25) is 0 Å². The van der Waals surface area contributed by atoms with E-state index in [1.54, 1.807) is 6.26 Å². The average molecular weight is 227 g/mol. The molecule has 0 radical (unpaired) electrons. The zero-order chi connectivity index (χ0) is 11.8. The van der Waals surface area contributed by atoms with E-state index in [1.165, 1.54) is 16.7 Å². The molecule has 17 heavy (non-hydrogen) atoms. The van der Waals surface area contributed by atoms with Gasteiger partial charge in [0.1, 0.15) is 5.76 Å². The van der Waals surface area contributed by atoms with Crippen molar-refractivity contribution in [3.05, 3.63) is 59.0 Å². The number of furan rings is 1. The lowest BCUT2D eigenvalue weighted by Crippen LogP contribution is -2.31. The molecular formula is C15H17NO. The van der Waals surface area contributed by atoms with Crippen molar-refractivity contribution in [3.63, 3.8) is 0 Å². The average Bonchev–Trinajstić information content (AvgIpc) is 2.79. The molecule has 1 aromatic heterocycles. The number of aryl methyl sites for hydroxylation is 1. The molecule has 0 fully saturated rings. The predicted octanol–water partition coefficient (Wildman–Crippen LogP) is 3.38. The molecule has 2 heterocycles. The Hall–Kier alpha value is -1.54. The van der Waals surface area contributed by atoms with Gasteiger partial charge >= 0.3 is 0 Å². The van der Waals surface area contributed by atoms with Crippen LogP contribution in [0.3, 0.4) is 0 Å². The van der Waals surface area contributed by atoms with Gasteiger partial charge in [-0.1, -0.05) is 36.8 Å². The number of rotatable bonds is 1. The smallest absolute Gasteiger partial charge is 0.112 e. The van der Waals surface area contributed by atoms with Crippen LogP contribution in [-0.4, -0.2) is 6.54 Å². The molecule has 2 aromatic rings. The largest absolute Gasteiger partial charge is 0.469 e. The van der Waals surface area contributed by atoms with E-state index in [9.17, 15) is 0 Å². The number of benzene rings is 1. The molecule has 88 valence electrons. The molecule has 1 N–H and O–H groups in total. The van der Waals surface area contributed by atoms with Crippen molar-refractivity contribution < 1.29 is 4.42 Å². The predicted molar refractivity (Wildman–Crippen MR) is 68.1 cm³/mol. The van der Waals surface area contributed by atoms with E-state index in [2.05, 4.69) is 49.5 Å². The van der Waals surface area contributed by atoms with Crippen LogP contribution in [0, 0.1) is 6.92 Å². The second-order valence-electron chi connectivity index (χ2n) is 4.90. The molecule has 3 rings (SSSR count). The summed E-state index contributed by atoms with van der Waals surface area (Å²) in [6.45, 7) is 5.30. The van der Waals surface area contributed by atoms with E-state index in [1.807, 2.05) is 0 Å². The molecule has 2 heteroatoms. The van der Waals surface area contributed by atoms with Gasteiger partial charge in [-0.25, -0.2) is 0 Å². The molecule has 0 saturated carbocycles. The first-order valence-corrected chi connectivity index (χ1v) is 6.13. The van der Waals surface area contributed by atoms with Crippen molar-refractivity contribution in [2.45, 2.75) is 25.8 Å². The Labute approximate surface area is 102 Å². The van der Waals surface area contributed by atoms with Crippen molar-refractivity contribution >= 4 is 0 Å². The quantitative estimate of drug-likeness (QED) is 0.808. The summed E-state index contributed by atoms with van der Waals surface area (Å²) in [6, 6.07) is 11.0. The first-order chi connectivity index (χ1) is 8.25. The van der Waals surface area contributed by atoms with Gasteiger partial charge in [0.15, 0.2) is 0 Å². The van der Waals surface area contributed by atoms with E-state index in [-0.39, 0.29) is 6.04 Å². The first-order valence-electron chi connectivity index (χ1n) is 6.13. The van der Waals surface area contributed by atoms with E-state index in [0.717, 1.165) is 12.3 Å². The lowest BCUT2D eigenvalue weighted by molar-refractivity contribution is 0.413. The molecule has 0 bridgehead atoms. The maximum Gasteiger partial charge on any atom is 0.112 e. The molecule has 0 aliphatic carbocycles. The number of fused-ring (bicyclic) bond motifs is 1. The second kappa shape index (κ2) is 4.04. The maximum absolute atomic E-state index is 5.61. The Kier molecular flexibility index (Phi) is 2.52. The molecule has 1 aliphatic rings. The van der Waals surface area contributed by atoms with Crippen LogP contribution in [0.5, 0.6) is 0 Å². The third-order valence-corrected chi connectivity index (χ3v) is 3.49. The number of hydrogen-bond donors (Lipinski definition) is 1. The van der Waals surface area contributed by atoms with Crippen LogP contribution < -0.4 is 5.32 Å². The summed E-state index contributed by atoms with van der Waals surface area (Å²) in [5, 5.41) is 3.59. The summed E-state index contributed by atoms with van der Waals surface area (Å²) < 4.78 is 5.61. The monoisotopic (exact) mass is 227 g/mol. The summed E-state index contributed by atoms with van der Waals surface area (Å²) in [7, 11) is 0. The minimum absolute atomic E-state index is 0.278. The molecule has 1 aromatic carbocycles. The van der Waals surface area contributed by atoms with E-state index < -0.39 is 0 Å². The summed E-state index contributed by atoms with van der Waals surface area (Å²) in [4.78, 5) is 0. The molecule has 2 unspecified atom stereocenters. The topological polar surface area (TPSA) is 25.2 Å². The highest BCUT2D eigenvalue weighted by molar-refractivity contribution is 5.38. The van der Waals surface area contributed by atoms with Crippen LogP contribution in [0.2, 0.25) is 0 Å². The van der Waals surface area contributed by atoms with Crippen LogP contribution in [0.15, 0.2) is 41.0 Å². The zero-order valence-corrected chi connectivity index (χ0v) is 10.2. The molecule has 0 spiro atoms. The first kappa shape index (κ1) is 10.6. The van der Waals surface area contributed by atoms with Crippen LogP contribution >= 0.6 is 0 Å². The van der Waals surface area contributed by atoms with Crippen LogP contribution in [-0.2, 0) is 0 Å². The standard InChI is InChI=1S/C15H17NO/c1-10-4-3-5-12(8-10)14-13-6-7-17-15(13)11(2)9-16-14/h3-8,11,14,16H,9H2,1-2H3. The van der Waals surface area contributed by atoms with Gasteiger partial charge in [0.05, 0.1) is 12.3 Å². The van der Waals surface area contributed by atoms with Crippen molar-refractivity contribution in [3.8, 4) is 0 Å². The van der Waals surface area contributed by atoms with Crippen molar-refractivity contribution in [1.82, 2.24) is 5.32 Å². The van der Waals surface area contributed by atoms with E-state index in [4.69, 9.17) is 4.42 Å². The highest BCUT2D eigenvalue weighted by Gasteiger charge is 2.27. The third-order valence-electron chi connectivity index (χ3n) is 3.49. The van der Waals surface area contributed by atoms with E-state index >= 15 is 0 Å². The van der Waals surface area contributed by atoms with Gasteiger partial charge in [-0.05, 0) is 18.6 Å². The Bertz CT molecular complexity index is 529. The van der Waals surface area contributed by atoms with Crippen molar-refractivity contribution in [1.29, 1.82) is 0 Å². The highest BCUT2D eigenvalue weighted by atomic mass is 16.3. The Morgan fingerprint density at radius 2 is 2.18 bits per heavy atom.